The quantitative estimate of drug-likeness (QED) is 0.606. The minimum Gasteiger partial charge on any atom is -0.508 e. The van der Waals surface area contributed by atoms with Gasteiger partial charge in [0.25, 0.3) is 0 Å². The van der Waals surface area contributed by atoms with Crippen LogP contribution < -0.4 is 0 Å². The molecule has 60 valence electrons. The molecular weight excluding hydrogens is 136 g/mol. The van der Waals surface area contributed by atoms with Gasteiger partial charge in [-0.15, -0.1) is 0 Å². The fourth-order valence-electron chi connectivity index (χ4n) is 0.883. The molecule has 0 saturated carbocycles. The molecule has 1 rings (SSSR count). The van der Waals surface area contributed by atoms with Gasteiger partial charge in [-0.3, -0.25) is 0 Å². The summed E-state index contributed by atoms with van der Waals surface area (Å²) in [6, 6.07) is 5.33. The maximum absolute atomic E-state index is 9.12. The molecule has 0 radical (unpaired) electrons. The number of phenols is 1. The van der Waals surface area contributed by atoms with Crippen molar-refractivity contribution in [3.63, 3.8) is 0 Å². The van der Waals surface area contributed by atoms with Crippen LogP contribution in [0.4, 0.5) is 0 Å². The van der Waals surface area contributed by atoms with Gasteiger partial charge in [-0.25, -0.2) is 0 Å². The number of benzene rings is 1. The van der Waals surface area contributed by atoms with E-state index in [2.05, 4.69) is 20.8 Å². The Morgan fingerprint density at radius 2 is 1.91 bits per heavy atom. The van der Waals surface area contributed by atoms with E-state index in [1.165, 1.54) is 0 Å². The molecule has 1 nitrogen and oxygen atoms in total. The molecule has 1 aromatic carbocycles. The fourth-order valence-corrected chi connectivity index (χ4v) is 0.883. The third-order valence-electron chi connectivity index (χ3n) is 1.66. The first-order chi connectivity index (χ1) is 5.41. The van der Waals surface area contributed by atoms with Crippen molar-refractivity contribution in [2.75, 3.05) is 0 Å². The summed E-state index contributed by atoms with van der Waals surface area (Å²) in [5.41, 5.74) is 1.12. The normalized spacial score (nSPS) is 12.8. The molecule has 1 aromatic rings. The molecule has 0 atom stereocenters. The highest BCUT2D eigenvalue weighted by molar-refractivity contribution is 5.29. The Morgan fingerprint density at radius 1 is 1.27 bits per heavy atom. The average Bonchev–Trinajstić information content (AvgIpc) is 1.92. The van der Waals surface area contributed by atoms with E-state index in [1.807, 2.05) is 6.07 Å². The molecule has 0 heterocycles. The van der Waals surface area contributed by atoms with Crippen LogP contribution >= 0.6 is 0 Å². The summed E-state index contributed by atoms with van der Waals surface area (Å²) in [4.78, 5) is 0. The Bertz CT molecular complexity index is 286. The van der Waals surface area contributed by atoms with Crippen molar-refractivity contribution in [2.45, 2.75) is 26.2 Å². The van der Waals surface area contributed by atoms with Crippen molar-refractivity contribution in [3.05, 3.63) is 29.8 Å². The van der Waals surface area contributed by atoms with Gasteiger partial charge in [0.05, 0.1) is 1.37 Å². The number of hydrogen-bond acceptors (Lipinski definition) is 1. The summed E-state index contributed by atoms with van der Waals surface area (Å²) >= 11 is 0. The molecule has 0 amide bonds. The van der Waals surface area contributed by atoms with Gasteiger partial charge in [0.1, 0.15) is 5.75 Å². The Morgan fingerprint density at radius 3 is 2.36 bits per heavy atom. The fraction of sp³-hybridized carbons (Fsp3) is 0.400. The molecule has 0 aliphatic heterocycles. The Hall–Kier alpha value is -0.980. The van der Waals surface area contributed by atoms with E-state index in [4.69, 9.17) is 6.48 Å². The molecule has 0 aliphatic rings. The zero-order valence-corrected chi connectivity index (χ0v) is 7.18. The van der Waals surface area contributed by atoms with Crippen molar-refractivity contribution in [1.29, 1.82) is 0 Å². The second kappa shape index (κ2) is 2.57. The summed E-state index contributed by atoms with van der Waals surface area (Å²) in [6.07, 6.45) is 0. The van der Waals surface area contributed by atoms with Gasteiger partial charge >= 0.3 is 0 Å². The molecule has 0 aromatic heterocycles. The molecule has 1 heteroatoms. The van der Waals surface area contributed by atoms with Crippen molar-refractivity contribution in [2.24, 2.45) is 0 Å². The van der Waals surface area contributed by atoms with E-state index in [0.29, 0.717) is 0 Å². The molecule has 1 N–H and O–H groups in total. The molecule has 0 spiro atoms. The predicted octanol–water partition coefficient (Wildman–Crippen LogP) is 2.69. The monoisotopic (exact) mass is 152 g/mol. The van der Waals surface area contributed by atoms with E-state index < -0.39 is 0 Å². The molecule has 11 heavy (non-hydrogen) atoms. The van der Waals surface area contributed by atoms with Crippen molar-refractivity contribution >= 4 is 0 Å². The van der Waals surface area contributed by atoms with Gasteiger partial charge in [0.15, 0.2) is 0 Å². The van der Waals surface area contributed by atoms with Gasteiger partial charge in [-0.05, 0) is 23.1 Å². The van der Waals surface area contributed by atoms with E-state index >= 15 is 0 Å². The maximum Gasteiger partial charge on any atom is 0.115 e. The van der Waals surface area contributed by atoms with Crippen LogP contribution in [0.5, 0.6) is 5.75 Å². The minimum atomic E-state index is 0.0444. The number of hydrogen-bond donors (Lipinski definition) is 1. The second-order valence-corrected chi connectivity index (χ2v) is 3.71. The van der Waals surface area contributed by atoms with Crippen LogP contribution in [0.15, 0.2) is 24.2 Å². The first-order valence-corrected chi connectivity index (χ1v) is 3.71. The lowest BCUT2D eigenvalue weighted by molar-refractivity contribution is 0.474. The molecule has 0 saturated heterocycles. The summed E-state index contributed by atoms with van der Waals surface area (Å²) in [6.45, 7) is 6.25. The zero-order valence-electron chi connectivity index (χ0n) is 8.18. The third kappa shape index (κ3) is 1.97. The number of rotatable bonds is 0. The van der Waals surface area contributed by atoms with Crippen LogP contribution in [0, 0.1) is 0 Å². The van der Waals surface area contributed by atoms with Crippen LogP contribution in [-0.2, 0) is 5.41 Å². The highest BCUT2D eigenvalue weighted by Gasteiger charge is 2.12. The van der Waals surface area contributed by atoms with Gasteiger partial charge in [-0.2, -0.15) is 0 Å². The van der Waals surface area contributed by atoms with Crippen molar-refractivity contribution in [3.8, 4) is 5.75 Å². The van der Waals surface area contributed by atoms with Crippen molar-refractivity contribution < 1.29 is 6.48 Å². The first-order valence-electron chi connectivity index (χ1n) is 4.21. The lowest BCUT2D eigenvalue weighted by atomic mass is 9.87. The Kier molecular flexibility index (Phi) is 1.57. The third-order valence-corrected chi connectivity index (χ3v) is 1.66. The predicted molar refractivity (Wildman–Crippen MR) is 46.8 cm³/mol. The molecule has 0 unspecified atom stereocenters. The summed E-state index contributed by atoms with van der Waals surface area (Å²) in [5, 5.41) is 9.12. The SMILES string of the molecule is [3H]c1cc(C(C)(C)C)ccc1O. The zero-order chi connectivity index (χ0) is 9.35. The average molecular weight is 152 g/mol. The summed E-state index contributed by atoms with van der Waals surface area (Å²) < 4.78 is 7.39. The Labute approximate surface area is 69.1 Å². The van der Waals surface area contributed by atoms with Gasteiger partial charge in [-0.1, -0.05) is 32.9 Å². The van der Waals surface area contributed by atoms with Crippen molar-refractivity contribution in [1.82, 2.24) is 0 Å². The Balaban J connectivity index is 3.14. The maximum atomic E-state index is 9.12. The van der Waals surface area contributed by atoms with Crippen LogP contribution in [0.25, 0.3) is 0 Å². The lowest BCUT2D eigenvalue weighted by Gasteiger charge is -2.18. The van der Waals surface area contributed by atoms with E-state index in [-0.39, 0.29) is 17.2 Å². The molecule has 0 bridgehead atoms. The van der Waals surface area contributed by atoms with E-state index in [9.17, 15) is 0 Å². The van der Waals surface area contributed by atoms with Crippen LogP contribution in [0.1, 0.15) is 27.7 Å². The lowest BCUT2D eigenvalue weighted by Crippen LogP contribution is -2.10. The standard InChI is InChI=1S/C10H14O/c1-10(2,3)8-4-6-9(11)7-5-8/h4-7,11H,1-3H3/i6T. The van der Waals surface area contributed by atoms with E-state index in [1.54, 1.807) is 12.1 Å². The minimum absolute atomic E-state index is 0.0444. The van der Waals surface area contributed by atoms with Gasteiger partial charge < -0.3 is 5.11 Å². The summed E-state index contributed by atoms with van der Waals surface area (Å²) in [7, 11) is 0. The van der Waals surface area contributed by atoms with Gasteiger partial charge in [0.2, 0.25) is 0 Å². The topological polar surface area (TPSA) is 20.2 Å². The van der Waals surface area contributed by atoms with E-state index in [0.717, 1.165) is 5.56 Å². The number of phenolic OH excluding ortho intramolecular Hbond substituents is 1. The van der Waals surface area contributed by atoms with Crippen LogP contribution in [0.2, 0.25) is 0 Å². The van der Waals surface area contributed by atoms with Crippen LogP contribution in [-0.4, -0.2) is 5.11 Å². The largest absolute Gasteiger partial charge is 0.508 e. The van der Waals surface area contributed by atoms with Crippen LogP contribution in [0.3, 0.4) is 0 Å². The smallest absolute Gasteiger partial charge is 0.115 e. The highest BCUT2D eigenvalue weighted by atomic mass is 16.3. The molecule has 0 fully saturated rings. The molecular formula is C10H14O. The number of aromatic hydroxyl groups is 1. The molecule has 0 aliphatic carbocycles. The highest BCUT2D eigenvalue weighted by Crippen LogP contribution is 2.23. The van der Waals surface area contributed by atoms with Gasteiger partial charge in [0, 0.05) is 0 Å². The first kappa shape index (κ1) is 6.71. The second-order valence-electron chi connectivity index (χ2n) is 3.71. The summed E-state index contributed by atoms with van der Waals surface area (Å²) in [5.74, 6) is 0.0444.